The van der Waals surface area contributed by atoms with E-state index in [-0.39, 0.29) is 5.54 Å². The van der Waals surface area contributed by atoms with Crippen LogP contribution in [0.1, 0.15) is 23.6 Å². The largest absolute Gasteiger partial charge is 0.507 e. The first-order valence-corrected chi connectivity index (χ1v) is 7.31. The summed E-state index contributed by atoms with van der Waals surface area (Å²) < 4.78 is 16.5. The van der Waals surface area contributed by atoms with E-state index in [0.29, 0.717) is 0 Å². The zero-order chi connectivity index (χ0) is 12.9. The molecule has 1 aromatic rings. The van der Waals surface area contributed by atoms with E-state index in [0.717, 1.165) is 11.1 Å². The maximum Gasteiger partial charge on any atom is 0.507 e. The van der Waals surface area contributed by atoms with Crippen LogP contribution in [0.4, 0.5) is 0 Å². The van der Waals surface area contributed by atoms with E-state index in [1.807, 2.05) is 18.2 Å². The molecule has 0 aliphatic carbocycles. The van der Waals surface area contributed by atoms with Gasteiger partial charge in [0, 0.05) is 21.3 Å². The predicted molar refractivity (Wildman–Crippen MR) is 71.7 cm³/mol. The van der Waals surface area contributed by atoms with Gasteiger partial charge in [0.15, 0.2) is 0 Å². The lowest BCUT2D eigenvalue weighted by Gasteiger charge is -2.30. The summed E-state index contributed by atoms with van der Waals surface area (Å²) in [6.45, 7) is 5.83. The van der Waals surface area contributed by atoms with E-state index in [1.54, 1.807) is 21.3 Å². The molecule has 0 spiro atoms. The highest BCUT2D eigenvalue weighted by atomic mass is 28.4. The Bertz CT molecular complexity index is 366. The molecule has 1 rings (SSSR count). The smallest absolute Gasteiger partial charge is 0.376 e. The Morgan fingerprint density at radius 3 is 2.24 bits per heavy atom. The number of rotatable bonds is 6. The molecule has 0 aliphatic rings. The molecule has 0 saturated carbocycles. The molecule has 0 saturated heterocycles. The van der Waals surface area contributed by atoms with Crippen LogP contribution in [-0.2, 0) is 13.3 Å². The summed E-state index contributed by atoms with van der Waals surface area (Å²) in [7, 11) is 2.26. The van der Waals surface area contributed by atoms with Crippen LogP contribution >= 0.6 is 0 Å². The van der Waals surface area contributed by atoms with E-state index < -0.39 is 8.80 Å². The molecule has 1 atom stereocenters. The molecule has 4 heteroatoms. The van der Waals surface area contributed by atoms with Gasteiger partial charge in [-0.25, -0.2) is 0 Å². The number of benzene rings is 1. The van der Waals surface area contributed by atoms with Gasteiger partial charge in [-0.1, -0.05) is 43.8 Å². The van der Waals surface area contributed by atoms with Crippen LogP contribution in [0.5, 0.6) is 0 Å². The topological polar surface area (TPSA) is 27.7 Å². The molecular weight excluding hydrogens is 232 g/mol. The van der Waals surface area contributed by atoms with Crippen molar-refractivity contribution in [3.8, 4) is 0 Å². The minimum atomic E-state index is -2.63. The van der Waals surface area contributed by atoms with Gasteiger partial charge in [0.25, 0.3) is 0 Å². The van der Waals surface area contributed by atoms with Gasteiger partial charge in [0.1, 0.15) is 0 Å². The highest BCUT2D eigenvalue weighted by molar-refractivity contribution is 6.62. The third-order valence-electron chi connectivity index (χ3n) is 3.03. The maximum absolute atomic E-state index is 5.49. The molecule has 17 heavy (non-hydrogen) atoms. The normalized spacial score (nSPS) is 13.4. The van der Waals surface area contributed by atoms with Crippen molar-refractivity contribution in [3.05, 3.63) is 42.0 Å². The van der Waals surface area contributed by atoms with Gasteiger partial charge in [0.2, 0.25) is 0 Å². The standard InChI is InChI=1S/C13H20O3Si/c1-6-12-8-7-9-13(10-12)11(2)17(14-3,15-4)16-5/h6-11H,1H2,2-5H3. The van der Waals surface area contributed by atoms with Crippen molar-refractivity contribution in [1.82, 2.24) is 0 Å². The van der Waals surface area contributed by atoms with Crippen molar-refractivity contribution in [1.29, 1.82) is 0 Å². The summed E-state index contributed by atoms with van der Waals surface area (Å²) in [6.07, 6.45) is 1.83. The van der Waals surface area contributed by atoms with Gasteiger partial charge < -0.3 is 13.3 Å². The monoisotopic (exact) mass is 252 g/mol. The molecule has 0 N–H and O–H groups in total. The van der Waals surface area contributed by atoms with Crippen molar-refractivity contribution in [2.24, 2.45) is 0 Å². The highest BCUT2D eigenvalue weighted by Gasteiger charge is 2.45. The second-order valence-corrected chi connectivity index (χ2v) is 7.11. The van der Waals surface area contributed by atoms with E-state index >= 15 is 0 Å². The van der Waals surface area contributed by atoms with Crippen LogP contribution in [0, 0.1) is 0 Å². The second-order valence-electron chi connectivity index (χ2n) is 3.81. The average molecular weight is 252 g/mol. The Balaban J connectivity index is 3.08. The van der Waals surface area contributed by atoms with Crippen molar-refractivity contribution < 1.29 is 13.3 Å². The van der Waals surface area contributed by atoms with Crippen molar-refractivity contribution in [2.75, 3.05) is 21.3 Å². The van der Waals surface area contributed by atoms with Gasteiger partial charge >= 0.3 is 8.80 Å². The van der Waals surface area contributed by atoms with Crippen LogP contribution in [-0.4, -0.2) is 30.1 Å². The molecule has 0 radical (unpaired) electrons. The van der Waals surface area contributed by atoms with Crippen LogP contribution in [0.25, 0.3) is 6.08 Å². The van der Waals surface area contributed by atoms with Gasteiger partial charge in [0.05, 0.1) is 5.54 Å². The van der Waals surface area contributed by atoms with Crippen LogP contribution in [0.3, 0.4) is 0 Å². The van der Waals surface area contributed by atoms with E-state index in [2.05, 4.69) is 25.6 Å². The first-order valence-electron chi connectivity index (χ1n) is 5.51. The molecule has 0 aliphatic heterocycles. The minimum absolute atomic E-state index is 0.0856. The number of hydrogen-bond acceptors (Lipinski definition) is 3. The molecule has 0 amide bonds. The fourth-order valence-electron chi connectivity index (χ4n) is 1.94. The second kappa shape index (κ2) is 6.12. The summed E-state index contributed by atoms with van der Waals surface area (Å²) in [5.74, 6) is 0. The van der Waals surface area contributed by atoms with E-state index in [9.17, 15) is 0 Å². The Kier molecular flexibility index (Phi) is 5.08. The molecule has 1 aromatic carbocycles. The lowest BCUT2D eigenvalue weighted by Crippen LogP contribution is -2.48. The quantitative estimate of drug-likeness (QED) is 0.729. The van der Waals surface area contributed by atoms with Gasteiger partial charge in [-0.15, -0.1) is 0 Å². The van der Waals surface area contributed by atoms with Crippen LogP contribution < -0.4 is 0 Å². The molecule has 0 fully saturated rings. The Hall–Kier alpha value is -0.943. The van der Waals surface area contributed by atoms with Crippen molar-refractivity contribution >= 4 is 14.9 Å². The van der Waals surface area contributed by atoms with Gasteiger partial charge in [-0.05, 0) is 11.1 Å². The summed E-state index contributed by atoms with van der Waals surface area (Å²) in [4.78, 5) is 0. The van der Waals surface area contributed by atoms with Crippen LogP contribution in [0.2, 0.25) is 0 Å². The first-order chi connectivity index (χ1) is 8.13. The van der Waals surface area contributed by atoms with Gasteiger partial charge in [-0.3, -0.25) is 0 Å². The molecule has 0 heterocycles. The highest BCUT2D eigenvalue weighted by Crippen LogP contribution is 2.28. The van der Waals surface area contributed by atoms with Crippen molar-refractivity contribution in [2.45, 2.75) is 12.5 Å². The first kappa shape index (κ1) is 14.1. The van der Waals surface area contributed by atoms with E-state index in [4.69, 9.17) is 13.3 Å². The predicted octanol–water partition coefficient (Wildman–Crippen LogP) is 2.85. The zero-order valence-corrected chi connectivity index (χ0v) is 11.9. The minimum Gasteiger partial charge on any atom is -0.376 e. The molecule has 3 nitrogen and oxygen atoms in total. The molecular formula is C13H20O3Si. The third-order valence-corrected chi connectivity index (χ3v) is 6.13. The SMILES string of the molecule is C=Cc1cccc(C(C)[Si](OC)(OC)OC)c1. The van der Waals surface area contributed by atoms with E-state index in [1.165, 1.54) is 0 Å². The Labute approximate surface area is 104 Å². The fraction of sp³-hybridized carbons (Fsp3) is 0.385. The summed E-state index contributed by atoms with van der Waals surface area (Å²) in [5.41, 5.74) is 2.31. The Morgan fingerprint density at radius 1 is 1.18 bits per heavy atom. The maximum atomic E-state index is 5.49. The Morgan fingerprint density at radius 2 is 1.76 bits per heavy atom. The molecule has 94 valence electrons. The lowest BCUT2D eigenvalue weighted by molar-refractivity contribution is 0.114. The number of hydrogen-bond donors (Lipinski definition) is 0. The third kappa shape index (κ3) is 2.84. The van der Waals surface area contributed by atoms with Gasteiger partial charge in [-0.2, -0.15) is 0 Å². The summed E-state index contributed by atoms with van der Waals surface area (Å²) in [5, 5.41) is 0. The zero-order valence-electron chi connectivity index (χ0n) is 10.9. The molecule has 0 bridgehead atoms. The fourth-order valence-corrected chi connectivity index (χ4v) is 4.09. The molecule has 0 aromatic heterocycles. The summed E-state index contributed by atoms with van der Waals surface area (Å²) >= 11 is 0. The van der Waals surface area contributed by atoms with Crippen LogP contribution in [0.15, 0.2) is 30.8 Å². The lowest BCUT2D eigenvalue weighted by atomic mass is 10.1. The van der Waals surface area contributed by atoms with Crippen molar-refractivity contribution in [3.63, 3.8) is 0 Å². The summed E-state index contributed by atoms with van der Waals surface area (Å²) in [6, 6.07) is 8.15. The average Bonchev–Trinajstić information content (AvgIpc) is 2.41. The molecule has 1 unspecified atom stereocenters.